The highest BCUT2D eigenvalue weighted by Crippen LogP contribution is 2.19. The third-order valence-electron chi connectivity index (χ3n) is 1.76. The molecule has 3 nitrogen and oxygen atoms in total. The van der Waals surface area contributed by atoms with E-state index in [2.05, 4.69) is 17.9 Å². The van der Waals surface area contributed by atoms with Crippen LogP contribution in [0.1, 0.15) is 19.8 Å². The van der Waals surface area contributed by atoms with E-state index in [9.17, 15) is 4.79 Å². The minimum Gasteiger partial charge on any atom is -0.438 e. The normalized spacial score (nSPS) is 14.0. The molecule has 0 rings (SSSR count). The molecule has 0 unspecified atom stereocenters. The van der Waals surface area contributed by atoms with Crippen LogP contribution in [0.3, 0.4) is 0 Å². The van der Waals surface area contributed by atoms with E-state index in [1.165, 1.54) is 7.11 Å². The molecule has 0 heterocycles. The Hall–Kier alpha value is -1.25. The quantitative estimate of drug-likeness (QED) is 0.486. The Morgan fingerprint density at radius 2 is 2.15 bits per heavy atom. The molecule has 74 valence electrons. The molecule has 0 aromatic rings. The first-order valence-corrected chi connectivity index (χ1v) is 4.09. The summed E-state index contributed by atoms with van der Waals surface area (Å²) in [5, 5.41) is 0. The fourth-order valence-corrected chi connectivity index (χ4v) is 0.815. The van der Waals surface area contributed by atoms with Crippen LogP contribution in [0.5, 0.6) is 0 Å². The smallest absolute Gasteiger partial charge is 0.438 e. The van der Waals surface area contributed by atoms with Gasteiger partial charge in [-0.2, -0.15) is 0 Å². The Bertz CT molecular complexity index is 198. The number of hydrogen-bond donors (Lipinski definition) is 0. The second-order valence-corrected chi connectivity index (χ2v) is 2.90. The van der Waals surface area contributed by atoms with Gasteiger partial charge in [0.15, 0.2) is 0 Å². The summed E-state index contributed by atoms with van der Waals surface area (Å²) >= 11 is 0. The molecule has 1 atom stereocenters. The summed E-state index contributed by atoms with van der Waals surface area (Å²) in [5.41, 5.74) is -0.665. The Labute approximate surface area is 79.0 Å². The molecule has 0 fully saturated rings. The van der Waals surface area contributed by atoms with Crippen LogP contribution >= 0.6 is 0 Å². The molecular weight excluding hydrogens is 168 g/mol. The highest BCUT2D eigenvalue weighted by Gasteiger charge is 2.24. The van der Waals surface area contributed by atoms with Crippen LogP contribution in [0.2, 0.25) is 0 Å². The fourth-order valence-electron chi connectivity index (χ4n) is 0.815. The van der Waals surface area contributed by atoms with Crippen molar-refractivity contribution in [2.45, 2.75) is 25.4 Å². The van der Waals surface area contributed by atoms with Gasteiger partial charge in [-0.05, 0) is 25.8 Å². The van der Waals surface area contributed by atoms with E-state index < -0.39 is 11.8 Å². The van der Waals surface area contributed by atoms with Crippen molar-refractivity contribution in [3.63, 3.8) is 0 Å². The molecule has 0 aromatic carbocycles. The van der Waals surface area contributed by atoms with Crippen molar-refractivity contribution in [1.82, 2.24) is 0 Å². The highest BCUT2D eigenvalue weighted by atomic mass is 16.7. The van der Waals surface area contributed by atoms with Gasteiger partial charge in [0.1, 0.15) is 5.60 Å². The molecule has 0 spiro atoms. The minimum absolute atomic E-state index is 0.662. The molecule has 0 radical (unpaired) electrons. The van der Waals surface area contributed by atoms with Gasteiger partial charge >= 0.3 is 6.16 Å². The monoisotopic (exact) mass is 184 g/mol. The molecule has 0 saturated carbocycles. The van der Waals surface area contributed by atoms with Crippen LogP contribution in [0.15, 0.2) is 25.3 Å². The summed E-state index contributed by atoms with van der Waals surface area (Å²) in [6, 6.07) is 0. The molecule has 0 N–H and O–H groups in total. The van der Waals surface area contributed by atoms with Crippen LogP contribution < -0.4 is 0 Å². The lowest BCUT2D eigenvalue weighted by atomic mass is 10.0. The average Bonchev–Trinajstić information content (AvgIpc) is 2.14. The van der Waals surface area contributed by atoms with Crippen molar-refractivity contribution in [2.24, 2.45) is 0 Å². The van der Waals surface area contributed by atoms with Crippen molar-refractivity contribution in [3.05, 3.63) is 25.3 Å². The summed E-state index contributed by atoms with van der Waals surface area (Å²) in [6.45, 7) is 8.98. The molecule has 0 aliphatic carbocycles. The first-order valence-electron chi connectivity index (χ1n) is 4.09. The molecule has 0 amide bonds. The van der Waals surface area contributed by atoms with Gasteiger partial charge in [-0.3, -0.25) is 0 Å². The third-order valence-corrected chi connectivity index (χ3v) is 1.76. The van der Waals surface area contributed by atoms with Gasteiger partial charge in [0.05, 0.1) is 7.11 Å². The molecule has 0 aromatic heterocycles. The van der Waals surface area contributed by atoms with Gasteiger partial charge < -0.3 is 9.47 Å². The van der Waals surface area contributed by atoms with E-state index in [1.807, 2.05) is 0 Å². The number of ether oxygens (including phenoxy) is 2. The molecule has 0 saturated heterocycles. The lowest BCUT2D eigenvalue weighted by Gasteiger charge is -2.24. The van der Waals surface area contributed by atoms with E-state index in [0.717, 1.165) is 6.42 Å². The number of rotatable bonds is 5. The first kappa shape index (κ1) is 11.8. The number of carbonyl (C=O) groups is 1. The maximum absolute atomic E-state index is 10.8. The Morgan fingerprint density at radius 3 is 2.54 bits per heavy atom. The van der Waals surface area contributed by atoms with Crippen LogP contribution in [0.25, 0.3) is 0 Å². The van der Waals surface area contributed by atoms with E-state index in [4.69, 9.17) is 4.74 Å². The lowest BCUT2D eigenvalue weighted by molar-refractivity contribution is 0.00535. The topological polar surface area (TPSA) is 35.5 Å². The Kier molecular flexibility index (Phi) is 4.89. The van der Waals surface area contributed by atoms with Crippen molar-refractivity contribution in [1.29, 1.82) is 0 Å². The molecule has 0 aliphatic heterocycles. The zero-order chi connectivity index (χ0) is 10.3. The zero-order valence-electron chi connectivity index (χ0n) is 8.21. The van der Waals surface area contributed by atoms with E-state index in [-0.39, 0.29) is 0 Å². The second kappa shape index (κ2) is 5.41. The SMILES string of the molecule is C=CCC[C@](C)(C=C)OC(=O)OC. The van der Waals surface area contributed by atoms with Crippen molar-refractivity contribution in [2.75, 3.05) is 7.11 Å². The second-order valence-electron chi connectivity index (χ2n) is 2.90. The molecule has 3 heteroatoms. The van der Waals surface area contributed by atoms with Gasteiger partial charge in [0.2, 0.25) is 0 Å². The number of methoxy groups -OCH3 is 1. The summed E-state index contributed by atoms with van der Waals surface area (Å²) in [5.74, 6) is 0. The largest absolute Gasteiger partial charge is 0.508 e. The van der Waals surface area contributed by atoms with Gasteiger partial charge in [0.25, 0.3) is 0 Å². The maximum Gasteiger partial charge on any atom is 0.508 e. The minimum atomic E-state index is -0.688. The van der Waals surface area contributed by atoms with Crippen LogP contribution in [-0.2, 0) is 9.47 Å². The van der Waals surface area contributed by atoms with Gasteiger partial charge in [-0.25, -0.2) is 4.79 Å². The lowest BCUT2D eigenvalue weighted by Crippen LogP contribution is -2.29. The molecular formula is C10H16O3. The highest BCUT2D eigenvalue weighted by molar-refractivity contribution is 5.60. The van der Waals surface area contributed by atoms with Crippen molar-refractivity contribution >= 4 is 6.16 Å². The summed E-state index contributed by atoms with van der Waals surface area (Å²) < 4.78 is 9.40. The standard InChI is InChI=1S/C10H16O3/c1-5-7-8-10(3,6-2)13-9(11)12-4/h5-6H,1-2,7-8H2,3-4H3/t10-/m0/s1. The average molecular weight is 184 g/mol. The maximum atomic E-state index is 10.8. The fraction of sp³-hybridized carbons (Fsp3) is 0.500. The summed E-state index contributed by atoms with van der Waals surface area (Å²) in [7, 11) is 1.28. The predicted molar refractivity (Wildman–Crippen MR) is 51.5 cm³/mol. The summed E-state index contributed by atoms with van der Waals surface area (Å²) in [6.07, 6.45) is 4.09. The van der Waals surface area contributed by atoms with Gasteiger partial charge in [-0.15, -0.1) is 6.58 Å². The predicted octanol–water partition coefficient (Wildman–Crippen LogP) is 2.68. The van der Waals surface area contributed by atoms with E-state index >= 15 is 0 Å². The number of hydrogen-bond acceptors (Lipinski definition) is 3. The first-order chi connectivity index (χ1) is 6.08. The van der Waals surface area contributed by atoms with E-state index in [0.29, 0.717) is 6.42 Å². The number of carbonyl (C=O) groups excluding carboxylic acids is 1. The third kappa shape index (κ3) is 4.35. The summed E-state index contributed by atoms with van der Waals surface area (Å²) in [4.78, 5) is 10.8. The van der Waals surface area contributed by atoms with Crippen LogP contribution in [0, 0.1) is 0 Å². The van der Waals surface area contributed by atoms with Crippen molar-refractivity contribution in [3.8, 4) is 0 Å². The molecule has 0 aliphatic rings. The Morgan fingerprint density at radius 1 is 1.54 bits per heavy atom. The van der Waals surface area contributed by atoms with Gasteiger partial charge in [0, 0.05) is 0 Å². The number of allylic oxidation sites excluding steroid dienone is 1. The van der Waals surface area contributed by atoms with E-state index in [1.54, 1.807) is 19.1 Å². The molecule has 0 bridgehead atoms. The van der Waals surface area contributed by atoms with Crippen LogP contribution in [0.4, 0.5) is 4.79 Å². The Balaban J connectivity index is 4.17. The molecule has 13 heavy (non-hydrogen) atoms. The van der Waals surface area contributed by atoms with Crippen LogP contribution in [-0.4, -0.2) is 18.9 Å². The van der Waals surface area contributed by atoms with Gasteiger partial charge in [-0.1, -0.05) is 12.7 Å². The van der Waals surface area contributed by atoms with Crippen molar-refractivity contribution < 1.29 is 14.3 Å². The zero-order valence-corrected chi connectivity index (χ0v) is 8.21.